The van der Waals surface area contributed by atoms with E-state index in [1.165, 1.54) is 12.1 Å². The fraction of sp³-hybridized carbons (Fsp3) is 0.250. The number of aryl methyl sites for hydroxylation is 1. The van der Waals surface area contributed by atoms with E-state index in [0.29, 0.717) is 18.9 Å². The molecule has 0 saturated heterocycles. The fourth-order valence-corrected chi connectivity index (χ4v) is 1.41. The first-order valence-corrected chi connectivity index (χ1v) is 5.10. The smallest absolute Gasteiger partial charge is 0.126 e. The molecule has 0 aliphatic carbocycles. The molecule has 4 heteroatoms. The summed E-state index contributed by atoms with van der Waals surface area (Å²) in [4.78, 5) is 3.93. The van der Waals surface area contributed by atoms with Crippen LogP contribution in [-0.2, 0) is 6.54 Å². The summed E-state index contributed by atoms with van der Waals surface area (Å²) in [6, 6.07) is 4.54. The number of imidazole rings is 1. The molecule has 0 amide bonds. The van der Waals surface area contributed by atoms with Crippen LogP contribution < -0.4 is 4.74 Å². The molecule has 3 nitrogen and oxygen atoms in total. The molecule has 0 fully saturated rings. The average molecular weight is 220 g/mol. The van der Waals surface area contributed by atoms with Gasteiger partial charge in [-0.3, -0.25) is 0 Å². The molecule has 1 aromatic heterocycles. The van der Waals surface area contributed by atoms with Gasteiger partial charge >= 0.3 is 0 Å². The zero-order valence-corrected chi connectivity index (χ0v) is 9.06. The van der Waals surface area contributed by atoms with E-state index < -0.39 is 0 Å². The molecule has 1 heterocycles. The molecule has 2 aromatic rings. The van der Waals surface area contributed by atoms with E-state index in [4.69, 9.17) is 4.74 Å². The SMILES string of the molecule is Cc1ccc(F)cc1OCCn1ccnc1. The van der Waals surface area contributed by atoms with Crippen molar-refractivity contribution in [3.05, 3.63) is 48.3 Å². The highest BCUT2D eigenvalue weighted by Crippen LogP contribution is 2.18. The van der Waals surface area contributed by atoms with E-state index in [-0.39, 0.29) is 5.82 Å². The minimum absolute atomic E-state index is 0.275. The zero-order chi connectivity index (χ0) is 11.4. The van der Waals surface area contributed by atoms with Gasteiger partial charge in [0.2, 0.25) is 0 Å². The summed E-state index contributed by atoms with van der Waals surface area (Å²) in [5.74, 6) is 0.323. The van der Waals surface area contributed by atoms with Crippen LogP contribution in [0.4, 0.5) is 4.39 Å². The van der Waals surface area contributed by atoms with Gasteiger partial charge in [0.1, 0.15) is 18.2 Å². The minimum Gasteiger partial charge on any atom is -0.491 e. The second-order valence-corrected chi connectivity index (χ2v) is 3.56. The number of benzene rings is 1. The molecular formula is C12H13FN2O. The Labute approximate surface area is 93.5 Å². The van der Waals surface area contributed by atoms with E-state index in [0.717, 1.165) is 5.56 Å². The maximum Gasteiger partial charge on any atom is 0.126 e. The van der Waals surface area contributed by atoms with Crippen LogP contribution >= 0.6 is 0 Å². The number of hydrogen-bond acceptors (Lipinski definition) is 2. The van der Waals surface area contributed by atoms with Crippen LogP contribution in [0.25, 0.3) is 0 Å². The average Bonchev–Trinajstić information content (AvgIpc) is 2.76. The lowest BCUT2D eigenvalue weighted by Crippen LogP contribution is -2.07. The molecule has 0 spiro atoms. The summed E-state index contributed by atoms with van der Waals surface area (Å²) in [5.41, 5.74) is 0.937. The highest BCUT2D eigenvalue weighted by atomic mass is 19.1. The molecule has 0 bridgehead atoms. The normalized spacial score (nSPS) is 10.4. The van der Waals surface area contributed by atoms with Gasteiger partial charge in [0.25, 0.3) is 0 Å². The molecule has 0 atom stereocenters. The third-order valence-electron chi connectivity index (χ3n) is 2.32. The largest absolute Gasteiger partial charge is 0.491 e. The van der Waals surface area contributed by atoms with Gasteiger partial charge < -0.3 is 9.30 Å². The predicted octanol–water partition coefficient (Wildman–Crippen LogP) is 2.41. The summed E-state index contributed by atoms with van der Waals surface area (Å²) in [5, 5.41) is 0. The number of nitrogens with zero attached hydrogens (tertiary/aromatic N) is 2. The molecule has 16 heavy (non-hydrogen) atoms. The van der Waals surface area contributed by atoms with Crippen LogP contribution in [0.1, 0.15) is 5.56 Å². The Hall–Kier alpha value is -1.84. The van der Waals surface area contributed by atoms with Crippen molar-refractivity contribution in [2.45, 2.75) is 13.5 Å². The first kappa shape index (κ1) is 10.7. The number of ether oxygens (including phenoxy) is 1. The lowest BCUT2D eigenvalue weighted by Gasteiger charge is -2.09. The van der Waals surface area contributed by atoms with Crippen LogP contribution in [0.2, 0.25) is 0 Å². The highest BCUT2D eigenvalue weighted by molar-refractivity contribution is 5.32. The topological polar surface area (TPSA) is 27.1 Å². The van der Waals surface area contributed by atoms with Crippen molar-refractivity contribution >= 4 is 0 Å². The van der Waals surface area contributed by atoms with Gasteiger partial charge in [-0.2, -0.15) is 0 Å². The number of aromatic nitrogens is 2. The van der Waals surface area contributed by atoms with Gasteiger partial charge in [-0.1, -0.05) is 6.07 Å². The summed E-state index contributed by atoms with van der Waals surface area (Å²) in [7, 11) is 0. The van der Waals surface area contributed by atoms with Crippen molar-refractivity contribution in [3.8, 4) is 5.75 Å². The van der Waals surface area contributed by atoms with Crippen LogP contribution in [0.3, 0.4) is 0 Å². The van der Waals surface area contributed by atoms with Crippen LogP contribution in [-0.4, -0.2) is 16.2 Å². The third kappa shape index (κ3) is 2.59. The monoisotopic (exact) mass is 220 g/mol. The maximum atomic E-state index is 13.0. The summed E-state index contributed by atoms with van der Waals surface area (Å²) in [6.07, 6.45) is 5.30. The molecule has 84 valence electrons. The highest BCUT2D eigenvalue weighted by Gasteiger charge is 2.01. The summed E-state index contributed by atoms with van der Waals surface area (Å²) in [6.45, 7) is 3.10. The Balaban J connectivity index is 1.92. The number of hydrogen-bond donors (Lipinski definition) is 0. The Kier molecular flexibility index (Phi) is 3.19. The van der Waals surface area contributed by atoms with E-state index in [1.807, 2.05) is 17.7 Å². The van der Waals surface area contributed by atoms with Crippen molar-refractivity contribution in [1.29, 1.82) is 0 Å². The Morgan fingerprint density at radius 3 is 3.06 bits per heavy atom. The lowest BCUT2D eigenvalue weighted by atomic mass is 10.2. The quantitative estimate of drug-likeness (QED) is 0.791. The number of rotatable bonds is 4. The third-order valence-corrected chi connectivity index (χ3v) is 2.32. The van der Waals surface area contributed by atoms with Crippen LogP contribution in [0, 0.1) is 12.7 Å². The minimum atomic E-state index is -0.275. The van der Waals surface area contributed by atoms with Crippen molar-refractivity contribution < 1.29 is 9.13 Å². The molecule has 0 unspecified atom stereocenters. The van der Waals surface area contributed by atoms with Gasteiger partial charge in [-0.25, -0.2) is 9.37 Å². The summed E-state index contributed by atoms with van der Waals surface area (Å²) < 4.78 is 20.4. The van der Waals surface area contributed by atoms with Crippen molar-refractivity contribution in [1.82, 2.24) is 9.55 Å². The van der Waals surface area contributed by atoms with Crippen molar-refractivity contribution in [2.24, 2.45) is 0 Å². The van der Waals surface area contributed by atoms with Crippen LogP contribution in [0.15, 0.2) is 36.9 Å². The van der Waals surface area contributed by atoms with E-state index in [2.05, 4.69) is 4.98 Å². The van der Waals surface area contributed by atoms with Crippen LogP contribution in [0.5, 0.6) is 5.75 Å². The molecule has 0 aliphatic rings. The number of halogens is 1. The molecule has 1 aromatic carbocycles. The van der Waals surface area contributed by atoms with Crippen molar-refractivity contribution in [3.63, 3.8) is 0 Å². The van der Waals surface area contributed by atoms with E-state index in [1.54, 1.807) is 18.6 Å². The first-order chi connectivity index (χ1) is 7.75. The standard InChI is InChI=1S/C12H13FN2O/c1-10-2-3-11(13)8-12(10)16-7-6-15-5-4-14-9-15/h2-5,8-9H,6-7H2,1H3. The second-order valence-electron chi connectivity index (χ2n) is 3.56. The van der Waals surface area contributed by atoms with Gasteiger partial charge in [0.05, 0.1) is 12.9 Å². The molecular weight excluding hydrogens is 207 g/mol. The van der Waals surface area contributed by atoms with Gasteiger partial charge in [-0.15, -0.1) is 0 Å². The maximum absolute atomic E-state index is 13.0. The van der Waals surface area contributed by atoms with Gasteiger partial charge in [0.15, 0.2) is 0 Å². The molecule has 0 saturated carbocycles. The fourth-order valence-electron chi connectivity index (χ4n) is 1.41. The van der Waals surface area contributed by atoms with E-state index >= 15 is 0 Å². The first-order valence-electron chi connectivity index (χ1n) is 5.10. The summed E-state index contributed by atoms with van der Waals surface area (Å²) >= 11 is 0. The molecule has 0 aliphatic heterocycles. The Bertz CT molecular complexity index is 454. The zero-order valence-electron chi connectivity index (χ0n) is 9.06. The van der Waals surface area contributed by atoms with E-state index in [9.17, 15) is 4.39 Å². The Morgan fingerprint density at radius 2 is 2.31 bits per heavy atom. The lowest BCUT2D eigenvalue weighted by molar-refractivity contribution is 0.295. The molecule has 0 N–H and O–H groups in total. The molecule has 2 rings (SSSR count). The van der Waals surface area contributed by atoms with Gasteiger partial charge in [0, 0.05) is 18.5 Å². The van der Waals surface area contributed by atoms with Crippen molar-refractivity contribution in [2.75, 3.05) is 6.61 Å². The van der Waals surface area contributed by atoms with Gasteiger partial charge in [-0.05, 0) is 18.6 Å². The second kappa shape index (κ2) is 4.79. The molecule has 0 radical (unpaired) electrons. The Morgan fingerprint density at radius 1 is 1.44 bits per heavy atom. The predicted molar refractivity (Wildman–Crippen MR) is 58.9 cm³/mol.